The Balaban J connectivity index is 2.30. The van der Waals surface area contributed by atoms with Crippen molar-refractivity contribution < 1.29 is 5.11 Å². The quantitative estimate of drug-likeness (QED) is 0.643. The number of β-amino-alcohol motifs (C(OH)–C–C–N with tert-alkyl or cyclic N) is 1. The van der Waals surface area contributed by atoms with Gasteiger partial charge in [-0.3, -0.25) is 4.90 Å². The molecule has 0 amide bonds. The van der Waals surface area contributed by atoms with Crippen molar-refractivity contribution in [3.05, 3.63) is 12.7 Å². The van der Waals surface area contributed by atoms with E-state index in [1.165, 1.54) is 0 Å². The maximum atomic E-state index is 9.85. The van der Waals surface area contributed by atoms with Crippen molar-refractivity contribution in [3.63, 3.8) is 0 Å². The molecule has 0 aromatic heterocycles. The number of hydrogen-bond donors (Lipinski definition) is 1. The van der Waals surface area contributed by atoms with Crippen LogP contribution in [0.2, 0.25) is 0 Å². The predicted molar refractivity (Wildman–Crippen MR) is 51.1 cm³/mol. The number of aliphatic hydroxyl groups is 1. The lowest BCUT2D eigenvalue weighted by molar-refractivity contribution is -0.111. The van der Waals surface area contributed by atoms with Crippen molar-refractivity contribution in [1.29, 1.82) is 0 Å². The minimum absolute atomic E-state index is 0.397. The van der Waals surface area contributed by atoms with Gasteiger partial charge in [0.25, 0.3) is 0 Å². The molecule has 1 unspecified atom stereocenters. The minimum atomic E-state index is -0.397. The summed E-state index contributed by atoms with van der Waals surface area (Å²) < 4.78 is 0. The standard InChI is InChI=1S/C10H19NO/c1-4-6-10(12)7-11(8-10)9(3)5-2/h5,9,12H,2,4,6-8H2,1,3H3. The Kier molecular flexibility index (Phi) is 2.91. The third kappa shape index (κ3) is 1.87. The van der Waals surface area contributed by atoms with E-state index in [1.807, 2.05) is 6.08 Å². The Morgan fingerprint density at radius 2 is 2.25 bits per heavy atom. The van der Waals surface area contributed by atoms with Gasteiger partial charge >= 0.3 is 0 Å². The Hall–Kier alpha value is -0.340. The Morgan fingerprint density at radius 1 is 1.67 bits per heavy atom. The normalized spacial score (nSPS) is 24.6. The first-order chi connectivity index (χ1) is 5.61. The van der Waals surface area contributed by atoms with Crippen molar-refractivity contribution in [1.82, 2.24) is 4.90 Å². The topological polar surface area (TPSA) is 23.5 Å². The van der Waals surface area contributed by atoms with Crippen LogP contribution in [-0.4, -0.2) is 34.7 Å². The number of rotatable bonds is 4. The van der Waals surface area contributed by atoms with Crippen LogP contribution in [0.1, 0.15) is 26.7 Å². The zero-order chi connectivity index (χ0) is 9.19. The molecule has 0 radical (unpaired) electrons. The maximum Gasteiger partial charge on any atom is 0.0900 e. The molecule has 2 nitrogen and oxygen atoms in total. The number of hydrogen-bond acceptors (Lipinski definition) is 2. The molecule has 1 heterocycles. The van der Waals surface area contributed by atoms with Gasteiger partial charge in [0.1, 0.15) is 0 Å². The molecule has 2 heteroatoms. The second kappa shape index (κ2) is 3.58. The van der Waals surface area contributed by atoms with E-state index in [0.717, 1.165) is 25.9 Å². The van der Waals surface area contributed by atoms with Crippen molar-refractivity contribution in [3.8, 4) is 0 Å². The van der Waals surface area contributed by atoms with Gasteiger partial charge in [-0.1, -0.05) is 19.4 Å². The van der Waals surface area contributed by atoms with Crippen LogP contribution in [0.3, 0.4) is 0 Å². The summed E-state index contributed by atoms with van der Waals surface area (Å²) in [5.41, 5.74) is -0.397. The van der Waals surface area contributed by atoms with Gasteiger partial charge in [0.2, 0.25) is 0 Å². The van der Waals surface area contributed by atoms with Crippen LogP contribution in [0.15, 0.2) is 12.7 Å². The fourth-order valence-corrected chi connectivity index (χ4v) is 1.77. The highest BCUT2D eigenvalue weighted by Gasteiger charge is 2.41. The molecular weight excluding hydrogens is 150 g/mol. The van der Waals surface area contributed by atoms with E-state index in [2.05, 4.69) is 25.3 Å². The fourth-order valence-electron chi connectivity index (χ4n) is 1.77. The first-order valence-corrected chi connectivity index (χ1v) is 4.70. The summed E-state index contributed by atoms with van der Waals surface area (Å²) >= 11 is 0. The molecule has 0 saturated carbocycles. The summed E-state index contributed by atoms with van der Waals surface area (Å²) in [6, 6.07) is 0.405. The summed E-state index contributed by atoms with van der Waals surface area (Å²) in [6.07, 6.45) is 3.91. The van der Waals surface area contributed by atoms with Gasteiger partial charge in [-0.2, -0.15) is 0 Å². The molecule has 0 bridgehead atoms. The van der Waals surface area contributed by atoms with Crippen molar-refractivity contribution >= 4 is 0 Å². The molecule has 1 aliphatic rings. The third-order valence-corrected chi connectivity index (χ3v) is 2.63. The molecule has 0 spiro atoms. The van der Waals surface area contributed by atoms with Gasteiger partial charge in [0.05, 0.1) is 5.60 Å². The summed E-state index contributed by atoms with van der Waals surface area (Å²) in [7, 11) is 0. The van der Waals surface area contributed by atoms with Crippen molar-refractivity contribution in [2.24, 2.45) is 0 Å². The second-order valence-electron chi connectivity index (χ2n) is 3.86. The molecule has 1 aliphatic heterocycles. The first kappa shape index (κ1) is 9.75. The number of likely N-dealkylation sites (tertiary alicyclic amines) is 1. The zero-order valence-electron chi connectivity index (χ0n) is 8.08. The van der Waals surface area contributed by atoms with Gasteiger partial charge in [0, 0.05) is 19.1 Å². The summed E-state index contributed by atoms with van der Waals surface area (Å²) in [4.78, 5) is 2.24. The van der Waals surface area contributed by atoms with Gasteiger partial charge < -0.3 is 5.11 Å². The third-order valence-electron chi connectivity index (χ3n) is 2.63. The Bertz CT molecular complexity index is 161. The molecule has 1 rings (SSSR count). The van der Waals surface area contributed by atoms with E-state index in [-0.39, 0.29) is 0 Å². The smallest absolute Gasteiger partial charge is 0.0900 e. The SMILES string of the molecule is C=CC(C)N1CC(O)(CCC)C1. The van der Waals surface area contributed by atoms with Crippen LogP contribution in [-0.2, 0) is 0 Å². The molecule has 70 valence electrons. The lowest BCUT2D eigenvalue weighted by atomic mass is 9.88. The average Bonchev–Trinajstić information content (AvgIpc) is 1.99. The number of nitrogens with zero attached hydrogens (tertiary/aromatic N) is 1. The molecule has 0 aromatic rings. The Morgan fingerprint density at radius 3 is 2.67 bits per heavy atom. The summed E-state index contributed by atoms with van der Waals surface area (Å²) in [5, 5.41) is 9.85. The highest BCUT2D eigenvalue weighted by atomic mass is 16.3. The molecular formula is C10H19NO. The molecule has 0 aromatic carbocycles. The van der Waals surface area contributed by atoms with E-state index in [1.54, 1.807) is 0 Å². The van der Waals surface area contributed by atoms with Crippen LogP contribution in [0.5, 0.6) is 0 Å². The average molecular weight is 169 g/mol. The van der Waals surface area contributed by atoms with Gasteiger partial charge in [-0.25, -0.2) is 0 Å². The Labute approximate surface area is 74.9 Å². The summed E-state index contributed by atoms with van der Waals surface area (Å²) in [6.45, 7) is 9.58. The van der Waals surface area contributed by atoms with Gasteiger partial charge in [-0.05, 0) is 13.3 Å². The predicted octanol–water partition coefficient (Wildman–Crippen LogP) is 1.41. The maximum absolute atomic E-state index is 9.85. The van der Waals surface area contributed by atoms with Gasteiger partial charge in [-0.15, -0.1) is 6.58 Å². The van der Waals surface area contributed by atoms with Crippen LogP contribution in [0.25, 0.3) is 0 Å². The second-order valence-corrected chi connectivity index (χ2v) is 3.86. The van der Waals surface area contributed by atoms with E-state index in [9.17, 15) is 5.11 Å². The van der Waals surface area contributed by atoms with E-state index >= 15 is 0 Å². The molecule has 0 aliphatic carbocycles. The van der Waals surface area contributed by atoms with Crippen LogP contribution < -0.4 is 0 Å². The van der Waals surface area contributed by atoms with E-state index in [0.29, 0.717) is 6.04 Å². The minimum Gasteiger partial charge on any atom is -0.387 e. The van der Waals surface area contributed by atoms with Gasteiger partial charge in [0.15, 0.2) is 0 Å². The van der Waals surface area contributed by atoms with Crippen LogP contribution in [0.4, 0.5) is 0 Å². The largest absolute Gasteiger partial charge is 0.387 e. The molecule has 1 saturated heterocycles. The zero-order valence-corrected chi connectivity index (χ0v) is 8.08. The lowest BCUT2D eigenvalue weighted by Gasteiger charge is -2.48. The fraction of sp³-hybridized carbons (Fsp3) is 0.800. The van der Waals surface area contributed by atoms with Crippen LogP contribution in [0, 0.1) is 0 Å². The lowest BCUT2D eigenvalue weighted by Crippen LogP contribution is -2.63. The monoisotopic (exact) mass is 169 g/mol. The van der Waals surface area contributed by atoms with E-state index < -0.39 is 5.60 Å². The highest BCUT2D eigenvalue weighted by molar-refractivity contribution is 5.00. The van der Waals surface area contributed by atoms with Crippen molar-refractivity contribution in [2.45, 2.75) is 38.3 Å². The molecule has 1 N–H and O–H groups in total. The summed E-state index contributed by atoms with van der Waals surface area (Å²) in [5.74, 6) is 0. The molecule has 12 heavy (non-hydrogen) atoms. The van der Waals surface area contributed by atoms with Crippen molar-refractivity contribution in [2.75, 3.05) is 13.1 Å². The van der Waals surface area contributed by atoms with E-state index in [4.69, 9.17) is 0 Å². The molecule has 1 atom stereocenters. The molecule has 1 fully saturated rings. The van der Waals surface area contributed by atoms with Crippen LogP contribution >= 0.6 is 0 Å². The highest BCUT2D eigenvalue weighted by Crippen LogP contribution is 2.27. The first-order valence-electron chi connectivity index (χ1n) is 4.70.